The van der Waals surface area contributed by atoms with Crippen molar-refractivity contribution in [3.05, 3.63) is 101 Å². The Morgan fingerprint density at radius 3 is 2.26 bits per heavy atom. The molecule has 0 unspecified atom stereocenters. The van der Waals surface area contributed by atoms with Crippen molar-refractivity contribution < 1.29 is 45.8 Å². The molecule has 2 amide bonds. The summed E-state index contributed by atoms with van der Waals surface area (Å²) < 4.78 is 76.6. The van der Waals surface area contributed by atoms with Crippen molar-refractivity contribution in [3.63, 3.8) is 0 Å². The molecule has 57 heavy (non-hydrogen) atoms. The average molecular weight is 810 g/mol. The predicted octanol–water partition coefficient (Wildman–Crippen LogP) is 7.03. The van der Waals surface area contributed by atoms with Crippen molar-refractivity contribution in [2.75, 3.05) is 40.0 Å². The van der Waals surface area contributed by atoms with Gasteiger partial charge in [-0.15, -0.1) is 0 Å². The van der Waals surface area contributed by atoms with Crippen molar-refractivity contribution >= 4 is 28.0 Å². The predicted molar refractivity (Wildman–Crippen MR) is 209 cm³/mol. The molecule has 2 heterocycles. The first kappa shape index (κ1) is 42.2. The monoisotopic (exact) mass is 809 g/mol. The van der Waals surface area contributed by atoms with Crippen LogP contribution in [0.3, 0.4) is 0 Å². The van der Waals surface area contributed by atoms with Gasteiger partial charge in [-0.3, -0.25) is 4.79 Å². The lowest BCUT2D eigenvalue weighted by Crippen LogP contribution is -2.48. The van der Waals surface area contributed by atoms with E-state index in [1.165, 1.54) is 35.7 Å². The Balaban J connectivity index is 1.32. The van der Waals surface area contributed by atoms with Gasteiger partial charge in [0.05, 0.1) is 18.0 Å². The maximum absolute atomic E-state index is 16.0. The first-order chi connectivity index (χ1) is 27.1. The molecular weight excluding hydrogens is 757 g/mol. The minimum absolute atomic E-state index is 0.0288. The van der Waals surface area contributed by atoms with Crippen LogP contribution in [-0.2, 0) is 41.9 Å². The summed E-state index contributed by atoms with van der Waals surface area (Å²) >= 11 is 0. The van der Waals surface area contributed by atoms with Crippen LogP contribution >= 0.6 is 0 Å². The van der Waals surface area contributed by atoms with Crippen LogP contribution in [0.15, 0.2) is 77.7 Å². The van der Waals surface area contributed by atoms with Crippen LogP contribution in [-0.4, -0.2) is 93.2 Å². The number of amides is 2. The van der Waals surface area contributed by atoms with Crippen LogP contribution in [0.5, 0.6) is 0 Å². The van der Waals surface area contributed by atoms with Gasteiger partial charge in [-0.05, 0) is 112 Å². The molecule has 1 N–H and O–H groups in total. The summed E-state index contributed by atoms with van der Waals surface area (Å²) in [5, 5.41) is 2.74. The first-order valence-corrected chi connectivity index (χ1v) is 21.0. The lowest BCUT2D eigenvalue weighted by atomic mass is 9.74. The van der Waals surface area contributed by atoms with Crippen molar-refractivity contribution in [3.8, 4) is 0 Å². The molecular formula is C43H53F2N3O8S. The van der Waals surface area contributed by atoms with Gasteiger partial charge in [0.1, 0.15) is 17.2 Å². The molecule has 1 saturated carbocycles. The molecule has 0 radical (unpaired) electrons. The molecule has 1 aliphatic carbocycles. The molecule has 3 atom stereocenters. The third-order valence-corrected chi connectivity index (χ3v) is 13.2. The highest BCUT2D eigenvalue weighted by molar-refractivity contribution is 7.89. The highest BCUT2D eigenvalue weighted by atomic mass is 32.2. The summed E-state index contributed by atoms with van der Waals surface area (Å²) in [5.41, 5.74) is 0.0688. The number of sulfonamides is 1. The van der Waals surface area contributed by atoms with E-state index in [0.29, 0.717) is 43.7 Å². The topological polar surface area (TPSA) is 132 Å². The normalized spacial score (nSPS) is 20.0. The second kappa shape index (κ2) is 17.6. The smallest absolute Gasteiger partial charge is 0.410 e. The number of carbonyl (C=O) groups excluding carboxylic acids is 3. The number of hydrogen-bond donors (Lipinski definition) is 1. The zero-order chi connectivity index (χ0) is 41.0. The van der Waals surface area contributed by atoms with Crippen LogP contribution < -0.4 is 5.32 Å². The lowest BCUT2D eigenvalue weighted by molar-refractivity contribution is -0.121. The molecule has 2 saturated heterocycles. The summed E-state index contributed by atoms with van der Waals surface area (Å²) in [6.07, 6.45) is 1.26. The summed E-state index contributed by atoms with van der Waals surface area (Å²) in [5.74, 6) is -2.07. The average Bonchev–Trinajstić information content (AvgIpc) is 3.97. The van der Waals surface area contributed by atoms with E-state index in [9.17, 15) is 27.2 Å². The second-order valence-electron chi connectivity index (χ2n) is 16.6. The van der Waals surface area contributed by atoms with E-state index in [1.807, 2.05) is 0 Å². The molecule has 3 fully saturated rings. The van der Waals surface area contributed by atoms with Gasteiger partial charge in [0.2, 0.25) is 10.0 Å². The number of ketones is 1. The molecule has 3 aromatic rings. The molecule has 3 aliphatic rings. The fraction of sp³-hybridized carbons (Fsp3) is 0.512. The second-order valence-corrected chi connectivity index (χ2v) is 18.5. The van der Waals surface area contributed by atoms with E-state index < -0.39 is 68.6 Å². The number of hydrogen-bond acceptors (Lipinski definition) is 8. The molecule has 2 aliphatic heterocycles. The molecule has 0 bridgehead atoms. The van der Waals surface area contributed by atoms with Crippen LogP contribution in [0.25, 0.3) is 0 Å². The molecule has 1 spiro atoms. The molecule has 11 nitrogen and oxygen atoms in total. The van der Waals surface area contributed by atoms with Crippen molar-refractivity contribution in [1.82, 2.24) is 14.5 Å². The Kier molecular flexibility index (Phi) is 13.0. The van der Waals surface area contributed by atoms with Gasteiger partial charge in [-0.2, -0.15) is 4.31 Å². The van der Waals surface area contributed by atoms with Crippen LogP contribution in [0.2, 0.25) is 0 Å². The van der Waals surface area contributed by atoms with Gasteiger partial charge in [0.25, 0.3) is 0 Å². The molecule has 14 heteroatoms. The summed E-state index contributed by atoms with van der Waals surface area (Å²) in [7, 11) is -2.84. The van der Waals surface area contributed by atoms with E-state index in [-0.39, 0.29) is 48.7 Å². The number of carbonyl (C=O) groups is 3. The minimum atomic E-state index is -4.05. The zero-order valence-corrected chi connectivity index (χ0v) is 33.9. The number of nitrogens with zero attached hydrogens (tertiary/aromatic N) is 2. The fourth-order valence-electron chi connectivity index (χ4n) is 8.24. The van der Waals surface area contributed by atoms with Crippen molar-refractivity contribution in [2.24, 2.45) is 11.3 Å². The molecule has 308 valence electrons. The van der Waals surface area contributed by atoms with Gasteiger partial charge in [0.15, 0.2) is 5.78 Å². The van der Waals surface area contributed by atoms with Crippen molar-refractivity contribution in [2.45, 2.75) is 94.2 Å². The Morgan fingerprint density at radius 1 is 0.947 bits per heavy atom. The Morgan fingerprint density at radius 2 is 1.63 bits per heavy atom. The number of halogens is 2. The SMILES string of the molecule is COC(=O)N[C@H](C(=O)Cc1cccc(F)c1CC[C@H]1CN(C(=O)OC(C)(C)C)CC2(CC2)CN1S(=O)(=O)c1ccccc1)[C@@H](c1ccc(F)cc1)C1CCOCC1. The molecule has 3 aromatic carbocycles. The Labute approximate surface area is 334 Å². The number of Topliss-reactive ketones (excluding diaryl/α,β-unsaturated/α-hetero) is 1. The highest BCUT2D eigenvalue weighted by Gasteiger charge is 2.52. The van der Waals surface area contributed by atoms with E-state index >= 15 is 4.39 Å². The van der Waals surface area contributed by atoms with Gasteiger partial charge in [-0.25, -0.2) is 26.8 Å². The maximum Gasteiger partial charge on any atom is 0.410 e. The minimum Gasteiger partial charge on any atom is -0.453 e. The number of ether oxygens (including phenoxy) is 3. The first-order valence-electron chi connectivity index (χ1n) is 19.6. The summed E-state index contributed by atoms with van der Waals surface area (Å²) in [6.45, 7) is 6.79. The van der Waals surface area contributed by atoms with Crippen LogP contribution in [0, 0.1) is 23.0 Å². The zero-order valence-electron chi connectivity index (χ0n) is 33.0. The summed E-state index contributed by atoms with van der Waals surface area (Å²) in [6, 6.07) is 16.6. The van der Waals surface area contributed by atoms with Crippen molar-refractivity contribution in [1.29, 1.82) is 0 Å². The van der Waals surface area contributed by atoms with Gasteiger partial charge < -0.3 is 24.4 Å². The highest BCUT2D eigenvalue weighted by Crippen LogP contribution is 2.50. The van der Waals surface area contributed by atoms with Gasteiger partial charge >= 0.3 is 12.2 Å². The van der Waals surface area contributed by atoms with Gasteiger partial charge in [0, 0.05) is 56.6 Å². The van der Waals surface area contributed by atoms with E-state index in [2.05, 4.69) is 5.32 Å². The van der Waals surface area contributed by atoms with E-state index in [1.54, 1.807) is 74.2 Å². The number of benzene rings is 3. The maximum atomic E-state index is 16.0. The quantitative estimate of drug-likeness (QED) is 0.206. The molecule has 0 aromatic heterocycles. The van der Waals surface area contributed by atoms with Gasteiger partial charge in [-0.1, -0.05) is 42.5 Å². The lowest BCUT2D eigenvalue weighted by Gasteiger charge is -2.36. The van der Waals surface area contributed by atoms with Crippen LogP contribution in [0.4, 0.5) is 18.4 Å². The number of nitrogens with one attached hydrogen (secondary N) is 1. The standard InChI is InChI=1S/C43H53F2N3O8S/c1-42(2,3)56-41(51)47-26-33(48(28-43(27-47)21-22-43)57(52,53)34-10-6-5-7-11-34)17-18-35-31(9-8-12-36(35)45)25-37(49)39(46-40(50)54-4)38(30-19-23-55-24-20-30)29-13-15-32(44)16-14-29/h5-16,30,33,38-39H,17-28H2,1-4H3,(H,46,50)/t33-,38-,39+/m0/s1. The summed E-state index contributed by atoms with van der Waals surface area (Å²) in [4.78, 5) is 42.6. The number of rotatable bonds is 12. The van der Waals surface area contributed by atoms with E-state index in [0.717, 1.165) is 12.8 Å². The third-order valence-electron chi connectivity index (χ3n) is 11.3. The van der Waals surface area contributed by atoms with E-state index in [4.69, 9.17) is 14.2 Å². The third kappa shape index (κ3) is 10.4. The molecule has 6 rings (SSSR count). The number of methoxy groups -OCH3 is 1. The fourth-order valence-corrected chi connectivity index (χ4v) is 10.0. The Bertz CT molecular complexity index is 2000. The largest absolute Gasteiger partial charge is 0.453 e. The number of alkyl carbamates (subject to hydrolysis) is 1. The van der Waals surface area contributed by atoms with Crippen LogP contribution in [0.1, 0.15) is 75.5 Å². The Hall–Kier alpha value is -4.40.